The summed E-state index contributed by atoms with van der Waals surface area (Å²) in [6.07, 6.45) is 39.5. The summed E-state index contributed by atoms with van der Waals surface area (Å²) < 4.78 is 67.7. The van der Waals surface area contributed by atoms with Gasteiger partial charge in [0.05, 0.1) is 26.4 Å². The van der Waals surface area contributed by atoms with E-state index in [1.807, 2.05) is 0 Å². The highest BCUT2D eigenvalue weighted by Crippen LogP contribution is 2.45. The number of esters is 4. The zero-order chi connectivity index (χ0) is 61.5. The van der Waals surface area contributed by atoms with Crippen molar-refractivity contribution >= 4 is 39.5 Å². The van der Waals surface area contributed by atoms with E-state index in [4.69, 9.17) is 37.0 Å². The van der Waals surface area contributed by atoms with Crippen LogP contribution in [0.15, 0.2) is 0 Å². The normalized spacial score (nSPS) is 14.3. The summed E-state index contributed by atoms with van der Waals surface area (Å²) in [6.45, 7) is 9.37. The van der Waals surface area contributed by atoms with E-state index in [0.717, 1.165) is 109 Å². The molecule has 0 aromatic heterocycles. The van der Waals surface area contributed by atoms with Crippen LogP contribution in [0.5, 0.6) is 0 Å². The zero-order valence-electron chi connectivity index (χ0n) is 53.5. The van der Waals surface area contributed by atoms with E-state index in [2.05, 4.69) is 41.5 Å². The third kappa shape index (κ3) is 58.8. The van der Waals surface area contributed by atoms with Crippen molar-refractivity contribution in [1.29, 1.82) is 0 Å². The molecule has 2 unspecified atom stereocenters. The fraction of sp³-hybridized carbons (Fsp3) is 0.938. The summed E-state index contributed by atoms with van der Waals surface area (Å²) in [5.74, 6) is -0.633. The lowest BCUT2D eigenvalue weighted by Gasteiger charge is -2.21. The van der Waals surface area contributed by atoms with Gasteiger partial charge in [0.2, 0.25) is 0 Å². The van der Waals surface area contributed by atoms with Crippen LogP contribution in [0.25, 0.3) is 0 Å². The lowest BCUT2D eigenvalue weighted by Crippen LogP contribution is -2.30. The number of hydrogen-bond acceptors (Lipinski definition) is 15. The number of aliphatic hydroxyl groups excluding tert-OH is 1. The molecule has 3 N–H and O–H groups in total. The fourth-order valence-corrected chi connectivity index (χ4v) is 11.1. The summed E-state index contributed by atoms with van der Waals surface area (Å²) in [6, 6.07) is 0. The molecule has 0 spiro atoms. The van der Waals surface area contributed by atoms with E-state index in [0.29, 0.717) is 31.6 Å². The molecule has 0 aliphatic carbocycles. The number of carbonyl (C=O) groups excluding carboxylic acids is 4. The molecule has 5 atom stereocenters. The van der Waals surface area contributed by atoms with E-state index < -0.39 is 97.5 Å². The molecule has 0 bridgehead atoms. The summed E-state index contributed by atoms with van der Waals surface area (Å²) in [5, 5.41) is 10.5. The van der Waals surface area contributed by atoms with Crippen molar-refractivity contribution in [2.45, 2.75) is 336 Å². The van der Waals surface area contributed by atoms with Gasteiger partial charge in [0.25, 0.3) is 0 Å². The van der Waals surface area contributed by atoms with Crippen LogP contribution in [-0.2, 0) is 65.4 Å². The second-order valence-electron chi connectivity index (χ2n) is 24.1. The predicted molar refractivity (Wildman–Crippen MR) is 331 cm³/mol. The van der Waals surface area contributed by atoms with E-state index in [-0.39, 0.29) is 25.7 Å². The third-order valence-corrected chi connectivity index (χ3v) is 16.6. The molecule has 0 aromatic rings. The van der Waals surface area contributed by atoms with E-state index in [1.165, 1.54) is 122 Å². The fourth-order valence-electron chi connectivity index (χ4n) is 9.53. The van der Waals surface area contributed by atoms with Gasteiger partial charge in [-0.3, -0.25) is 37.3 Å². The maximum atomic E-state index is 13.0. The Morgan fingerprint density at radius 1 is 0.325 bits per heavy atom. The zero-order valence-corrected chi connectivity index (χ0v) is 55.3. The summed E-state index contributed by atoms with van der Waals surface area (Å²) in [4.78, 5) is 71.9. The molecule has 0 amide bonds. The molecule has 19 heteroatoms. The monoisotopic (exact) mass is 1230 g/mol. The van der Waals surface area contributed by atoms with Gasteiger partial charge in [-0.1, -0.05) is 266 Å². The van der Waals surface area contributed by atoms with Crippen molar-refractivity contribution in [3.8, 4) is 0 Å². The van der Waals surface area contributed by atoms with Crippen LogP contribution in [-0.4, -0.2) is 96.7 Å². The van der Waals surface area contributed by atoms with E-state index >= 15 is 0 Å². The molecular weight excluding hydrogens is 1100 g/mol. The van der Waals surface area contributed by atoms with Crippen LogP contribution in [0.3, 0.4) is 0 Å². The lowest BCUT2D eigenvalue weighted by molar-refractivity contribution is -0.161. The van der Waals surface area contributed by atoms with Crippen molar-refractivity contribution in [3.63, 3.8) is 0 Å². The first-order valence-corrected chi connectivity index (χ1v) is 36.5. The number of ether oxygens (including phenoxy) is 4. The highest BCUT2D eigenvalue weighted by atomic mass is 31.2. The smallest absolute Gasteiger partial charge is 0.462 e. The first-order valence-electron chi connectivity index (χ1n) is 33.5. The molecule has 0 rings (SSSR count). The van der Waals surface area contributed by atoms with Crippen molar-refractivity contribution < 1.29 is 80.2 Å². The van der Waals surface area contributed by atoms with Gasteiger partial charge in [-0.2, -0.15) is 0 Å². The second kappa shape index (κ2) is 56.6. The SMILES string of the molecule is CCCCCCCCCCCC(=O)O[C@H](COC(=O)CCCCCCC)COP(=O)(O)OC[C@H](O)COP(=O)(O)OC[C@@H](COC(=O)CCCCCCCCCC(C)C)OC(=O)CCCCCCCCCCCCCCCCCCC(C)C. The Morgan fingerprint density at radius 2 is 0.554 bits per heavy atom. The molecule has 0 aliphatic heterocycles. The van der Waals surface area contributed by atoms with E-state index in [1.54, 1.807) is 0 Å². The second-order valence-corrected chi connectivity index (χ2v) is 27.0. The highest BCUT2D eigenvalue weighted by Gasteiger charge is 2.30. The summed E-state index contributed by atoms with van der Waals surface area (Å²) in [7, 11) is -9.87. The molecule has 0 radical (unpaired) electrons. The molecule has 0 saturated heterocycles. The molecule has 0 saturated carbocycles. The number of aliphatic hydroxyl groups is 1. The quantitative estimate of drug-likeness (QED) is 0.0222. The maximum Gasteiger partial charge on any atom is 0.472 e. The van der Waals surface area contributed by atoms with Crippen LogP contribution in [0.1, 0.15) is 318 Å². The number of phosphoric ester groups is 2. The number of carbonyl (C=O) groups is 4. The topological polar surface area (TPSA) is 237 Å². The van der Waals surface area contributed by atoms with Crippen LogP contribution < -0.4 is 0 Å². The Labute approximate surface area is 505 Å². The average molecular weight is 1230 g/mol. The van der Waals surface area contributed by atoms with Gasteiger partial charge >= 0.3 is 39.5 Å². The molecule has 83 heavy (non-hydrogen) atoms. The van der Waals surface area contributed by atoms with Gasteiger partial charge in [0.1, 0.15) is 19.3 Å². The molecule has 0 aliphatic rings. The van der Waals surface area contributed by atoms with Crippen LogP contribution in [0.4, 0.5) is 0 Å². The average Bonchev–Trinajstić information content (AvgIpc) is 3.46. The van der Waals surface area contributed by atoms with Crippen molar-refractivity contribution in [2.75, 3.05) is 39.6 Å². The minimum Gasteiger partial charge on any atom is -0.462 e. The van der Waals surface area contributed by atoms with Crippen LogP contribution >= 0.6 is 15.6 Å². The minimum absolute atomic E-state index is 0.105. The molecule has 0 heterocycles. The Bertz CT molecular complexity index is 1630. The Balaban J connectivity index is 5.11. The first kappa shape index (κ1) is 81.1. The van der Waals surface area contributed by atoms with Crippen LogP contribution in [0, 0.1) is 11.8 Å². The number of phosphoric acid groups is 2. The molecule has 0 aromatic carbocycles. The van der Waals surface area contributed by atoms with Gasteiger partial charge in [-0.25, -0.2) is 9.13 Å². The number of rotatable bonds is 63. The molecular formula is C64H124O17P2. The molecule has 17 nitrogen and oxygen atoms in total. The first-order chi connectivity index (χ1) is 39.9. The van der Waals surface area contributed by atoms with Crippen molar-refractivity contribution in [1.82, 2.24) is 0 Å². The predicted octanol–water partition coefficient (Wildman–Crippen LogP) is 17.7. The maximum absolute atomic E-state index is 13.0. The Kier molecular flexibility index (Phi) is 55.2. The van der Waals surface area contributed by atoms with Gasteiger partial charge in [-0.05, 0) is 37.5 Å². The van der Waals surface area contributed by atoms with Crippen molar-refractivity contribution in [2.24, 2.45) is 11.8 Å². The van der Waals surface area contributed by atoms with Gasteiger partial charge < -0.3 is 33.8 Å². The summed E-state index contributed by atoms with van der Waals surface area (Å²) >= 11 is 0. The molecule has 492 valence electrons. The standard InChI is InChI=1S/C64H124O17P2/c1-7-9-11-13-14-23-29-36-42-48-63(68)80-59(52-74-61(66)46-40-32-12-10-8-2)54-78-82(70,71)76-50-58(65)51-77-83(72,73)79-55-60(53-75-62(67)47-41-35-31-26-28-34-39-45-57(5)6)81-64(69)49-43-37-30-25-22-20-18-16-15-17-19-21-24-27-33-38-44-56(3)4/h56-60,65H,7-55H2,1-6H3,(H,70,71)(H,72,73)/t58-,59+,60+/m0/s1. The minimum atomic E-state index is -4.94. The van der Waals surface area contributed by atoms with E-state index in [9.17, 15) is 43.2 Å². The number of unbranched alkanes of at least 4 members (excludes halogenated alkanes) is 33. The van der Waals surface area contributed by atoms with Gasteiger partial charge in [0, 0.05) is 25.7 Å². The Hall–Kier alpha value is -1.94. The summed E-state index contributed by atoms with van der Waals surface area (Å²) in [5.41, 5.74) is 0. The largest absolute Gasteiger partial charge is 0.472 e. The lowest BCUT2D eigenvalue weighted by atomic mass is 10.0. The third-order valence-electron chi connectivity index (χ3n) is 14.7. The van der Waals surface area contributed by atoms with Crippen molar-refractivity contribution in [3.05, 3.63) is 0 Å². The van der Waals surface area contributed by atoms with Gasteiger partial charge in [-0.15, -0.1) is 0 Å². The Morgan fingerprint density at radius 3 is 0.819 bits per heavy atom. The highest BCUT2D eigenvalue weighted by molar-refractivity contribution is 7.47. The molecule has 0 fully saturated rings. The van der Waals surface area contributed by atoms with Gasteiger partial charge in [0.15, 0.2) is 12.2 Å². The van der Waals surface area contributed by atoms with Crippen LogP contribution in [0.2, 0.25) is 0 Å². The number of hydrogen-bond donors (Lipinski definition) is 3.